The van der Waals surface area contributed by atoms with Gasteiger partial charge in [-0.1, -0.05) is 29.8 Å². The van der Waals surface area contributed by atoms with Crippen molar-refractivity contribution in [2.45, 2.75) is 6.92 Å². The molecule has 16 heavy (non-hydrogen) atoms. The molecule has 2 aromatic rings. The van der Waals surface area contributed by atoms with Gasteiger partial charge in [-0.3, -0.25) is 4.57 Å². The van der Waals surface area contributed by atoms with Crippen molar-refractivity contribution < 1.29 is 8.81 Å². The Balaban J connectivity index is 2.35. The summed E-state index contributed by atoms with van der Waals surface area (Å²) in [5.41, 5.74) is 1.48. The summed E-state index contributed by atoms with van der Waals surface area (Å²) in [5, 5.41) is 0. The van der Waals surface area contributed by atoms with Gasteiger partial charge in [0.1, 0.15) is 12.1 Å². The van der Waals surface area contributed by atoms with Crippen molar-refractivity contribution >= 4 is 12.0 Å². The highest BCUT2D eigenvalue weighted by Crippen LogP contribution is 2.16. The zero-order valence-corrected chi connectivity index (χ0v) is 8.68. The van der Waals surface area contributed by atoms with Crippen LogP contribution in [0.2, 0.25) is 0 Å². The molecule has 1 heterocycles. The van der Waals surface area contributed by atoms with Crippen LogP contribution >= 0.6 is 0 Å². The van der Waals surface area contributed by atoms with E-state index in [1.807, 2.05) is 6.92 Å². The average molecular weight is 219 g/mol. The minimum absolute atomic E-state index is 0.429. The maximum Gasteiger partial charge on any atom is 0.423 e. The Morgan fingerprint density at radius 3 is 2.62 bits per heavy atom. The Morgan fingerprint density at radius 1 is 1.38 bits per heavy atom. The molecule has 0 bridgehead atoms. The fraction of sp³-hybridized carbons (Fsp3) is 0.0833. The van der Waals surface area contributed by atoms with Crippen LogP contribution in [0.1, 0.15) is 11.1 Å². The molecule has 0 fully saturated rings. The molecule has 0 N–H and O–H groups in total. The van der Waals surface area contributed by atoms with Crippen LogP contribution in [0.25, 0.3) is 12.0 Å². The Hall–Kier alpha value is -2.10. The number of benzene rings is 1. The summed E-state index contributed by atoms with van der Waals surface area (Å²) in [5.74, 6) is -1.09. The van der Waals surface area contributed by atoms with Crippen molar-refractivity contribution in [3.05, 3.63) is 58.4 Å². The first-order chi connectivity index (χ1) is 7.66. The number of aryl methyl sites for hydroxylation is 1. The second-order valence-electron chi connectivity index (χ2n) is 3.42. The van der Waals surface area contributed by atoms with Crippen LogP contribution in [-0.2, 0) is 0 Å². The molecule has 0 spiro atoms. The van der Waals surface area contributed by atoms with Gasteiger partial charge in [0, 0.05) is 5.56 Å². The van der Waals surface area contributed by atoms with E-state index in [4.69, 9.17) is 0 Å². The van der Waals surface area contributed by atoms with E-state index < -0.39 is 11.6 Å². The number of nitrogens with zero attached hydrogens (tertiary/aromatic N) is 1. The van der Waals surface area contributed by atoms with Crippen LogP contribution < -0.4 is 5.76 Å². The Kier molecular flexibility index (Phi) is 2.72. The van der Waals surface area contributed by atoms with E-state index in [9.17, 15) is 9.18 Å². The van der Waals surface area contributed by atoms with Crippen LogP contribution in [-0.4, -0.2) is 4.57 Å². The predicted molar refractivity (Wildman–Crippen MR) is 59.4 cm³/mol. The summed E-state index contributed by atoms with van der Waals surface area (Å²) in [6, 6.07) is 6.93. The monoisotopic (exact) mass is 219 g/mol. The summed E-state index contributed by atoms with van der Waals surface area (Å²) in [6.45, 7) is 1.92. The fourth-order valence-corrected chi connectivity index (χ4v) is 1.28. The first-order valence-corrected chi connectivity index (χ1v) is 4.77. The normalized spacial score (nSPS) is 11.8. The van der Waals surface area contributed by atoms with Gasteiger partial charge in [-0.05, 0) is 6.92 Å². The molecule has 1 aromatic carbocycles. The minimum atomic E-state index is -0.609. The van der Waals surface area contributed by atoms with E-state index in [0.717, 1.165) is 16.3 Å². The first kappa shape index (κ1) is 10.4. The fourth-order valence-electron chi connectivity index (χ4n) is 1.28. The number of halogens is 1. The lowest BCUT2D eigenvalue weighted by molar-refractivity contribution is 0.506. The van der Waals surface area contributed by atoms with E-state index in [0.29, 0.717) is 5.56 Å². The molecule has 0 atom stereocenters. The van der Waals surface area contributed by atoms with Crippen molar-refractivity contribution in [2.24, 2.45) is 0 Å². The van der Waals surface area contributed by atoms with Crippen LogP contribution in [0.3, 0.4) is 0 Å². The van der Waals surface area contributed by atoms with E-state index in [-0.39, 0.29) is 0 Å². The molecule has 3 nitrogen and oxygen atoms in total. The van der Waals surface area contributed by atoms with Gasteiger partial charge in [0.2, 0.25) is 0 Å². The number of rotatable bonds is 2. The number of hydrogen-bond donors (Lipinski definition) is 0. The van der Waals surface area contributed by atoms with Crippen molar-refractivity contribution in [1.29, 1.82) is 0 Å². The molecule has 82 valence electrons. The van der Waals surface area contributed by atoms with E-state index >= 15 is 0 Å². The Morgan fingerprint density at radius 2 is 2.06 bits per heavy atom. The molecular weight excluding hydrogens is 209 g/mol. The first-order valence-electron chi connectivity index (χ1n) is 4.77. The lowest BCUT2D eigenvalue weighted by Gasteiger charge is -1.98. The van der Waals surface area contributed by atoms with Gasteiger partial charge in [-0.2, -0.15) is 0 Å². The zero-order chi connectivity index (χ0) is 11.5. The summed E-state index contributed by atoms with van der Waals surface area (Å²) >= 11 is 0. The number of hydrogen-bond acceptors (Lipinski definition) is 2. The van der Waals surface area contributed by atoms with Gasteiger partial charge in [0.05, 0.1) is 12.4 Å². The highest BCUT2D eigenvalue weighted by molar-refractivity contribution is 5.69. The molecule has 4 heteroatoms. The lowest BCUT2D eigenvalue weighted by atomic mass is 10.1. The van der Waals surface area contributed by atoms with E-state index in [1.54, 1.807) is 24.3 Å². The largest absolute Gasteiger partial charge is 0.423 e. The minimum Gasteiger partial charge on any atom is -0.416 e. The van der Waals surface area contributed by atoms with Crippen LogP contribution in [0, 0.1) is 6.92 Å². The molecule has 2 rings (SSSR count). The quantitative estimate of drug-likeness (QED) is 0.778. The van der Waals surface area contributed by atoms with Crippen molar-refractivity contribution in [1.82, 2.24) is 4.57 Å². The number of oxazole rings is 1. The molecule has 0 aliphatic carbocycles. The van der Waals surface area contributed by atoms with Gasteiger partial charge >= 0.3 is 5.76 Å². The standard InChI is InChI=1S/C12H10FNO2/c1-9-2-4-10(5-3-9)11(13)8-14-6-7-16-12(14)15/h2-8H,1H3/b11-8-. The van der Waals surface area contributed by atoms with Gasteiger partial charge in [0.15, 0.2) is 0 Å². The molecule has 0 saturated heterocycles. The van der Waals surface area contributed by atoms with Crippen molar-refractivity contribution in [3.8, 4) is 0 Å². The third-order valence-electron chi connectivity index (χ3n) is 2.18. The molecule has 0 radical (unpaired) electrons. The number of aromatic nitrogens is 1. The Bertz CT molecular complexity index is 563. The summed E-state index contributed by atoms with van der Waals surface area (Å²) in [6.07, 6.45) is 3.66. The van der Waals surface area contributed by atoms with Crippen LogP contribution in [0.4, 0.5) is 4.39 Å². The molecule has 1 aromatic heterocycles. The predicted octanol–water partition coefficient (Wildman–Crippen LogP) is 2.67. The van der Waals surface area contributed by atoms with Crippen molar-refractivity contribution in [2.75, 3.05) is 0 Å². The lowest BCUT2D eigenvalue weighted by Crippen LogP contribution is -2.06. The highest BCUT2D eigenvalue weighted by atomic mass is 19.1. The summed E-state index contributed by atoms with van der Waals surface area (Å²) in [4.78, 5) is 11.0. The average Bonchev–Trinajstić information content (AvgIpc) is 2.65. The van der Waals surface area contributed by atoms with Crippen LogP contribution in [0.5, 0.6) is 0 Å². The van der Waals surface area contributed by atoms with Crippen molar-refractivity contribution in [3.63, 3.8) is 0 Å². The molecule has 0 aliphatic heterocycles. The smallest absolute Gasteiger partial charge is 0.416 e. The van der Waals surface area contributed by atoms with Gasteiger partial charge in [0.25, 0.3) is 0 Å². The van der Waals surface area contributed by atoms with Crippen LogP contribution in [0.15, 0.2) is 45.9 Å². The van der Waals surface area contributed by atoms with Gasteiger partial charge in [-0.15, -0.1) is 0 Å². The highest BCUT2D eigenvalue weighted by Gasteiger charge is 2.01. The Labute approximate surface area is 91.4 Å². The maximum absolute atomic E-state index is 13.7. The molecular formula is C12H10FNO2. The van der Waals surface area contributed by atoms with E-state index in [1.165, 1.54) is 12.5 Å². The third-order valence-corrected chi connectivity index (χ3v) is 2.18. The summed E-state index contributed by atoms with van der Waals surface area (Å²) in [7, 11) is 0. The van der Waals surface area contributed by atoms with Gasteiger partial charge in [-0.25, -0.2) is 9.18 Å². The molecule has 0 amide bonds. The van der Waals surface area contributed by atoms with E-state index in [2.05, 4.69) is 4.42 Å². The van der Waals surface area contributed by atoms with Gasteiger partial charge < -0.3 is 4.42 Å². The molecule has 0 saturated carbocycles. The second-order valence-corrected chi connectivity index (χ2v) is 3.42. The third kappa shape index (κ3) is 2.11. The molecule has 0 aliphatic rings. The maximum atomic E-state index is 13.7. The molecule has 0 unspecified atom stereocenters. The second kappa shape index (κ2) is 4.18. The SMILES string of the molecule is Cc1ccc(/C(F)=C/n2ccoc2=O)cc1. The summed E-state index contributed by atoms with van der Waals surface area (Å²) < 4.78 is 19.2. The topological polar surface area (TPSA) is 35.1 Å². The zero-order valence-electron chi connectivity index (χ0n) is 8.68.